The quantitative estimate of drug-likeness (QED) is 0.876. The van der Waals surface area contributed by atoms with Crippen molar-refractivity contribution < 1.29 is 4.74 Å². The second-order valence-electron chi connectivity index (χ2n) is 5.99. The van der Waals surface area contributed by atoms with Gasteiger partial charge in [-0.1, -0.05) is 19.9 Å². The summed E-state index contributed by atoms with van der Waals surface area (Å²) in [4.78, 5) is 0. The Balaban J connectivity index is 2.03. The molecule has 1 aliphatic carbocycles. The van der Waals surface area contributed by atoms with E-state index in [1.54, 1.807) is 0 Å². The molecule has 4 atom stereocenters. The maximum Gasteiger partial charge on any atom is 0.133 e. The van der Waals surface area contributed by atoms with Gasteiger partial charge < -0.3 is 10.5 Å². The molecule has 0 saturated heterocycles. The summed E-state index contributed by atoms with van der Waals surface area (Å²) in [6, 6.07) is 6.21. The second kappa shape index (κ2) is 6.27. The average Bonchev–Trinajstić information content (AvgIpc) is 2.36. The molecule has 2 nitrogen and oxygen atoms in total. The molecule has 1 aromatic carbocycles. The van der Waals surface area contributed by atoms with E-state index in [4.69, 9.17) is 10.5 Å². The maximum atomic E-state index is 6.15. The molecular formula is C16H24BrNO. The van der Waals surface area contributed by atoms with Gasteiger partial charge >= 0.3 is 0 Å². The number of hydrogen-bond donors (Lipinski definition) is 1. The van der Waals surface area contributed by atoms with Crippen molar-refractivity contribution in [3.05, 3.63) is 28.2 Å². The Morgan fingerprint density at radius 1 is 1.26 bits per heavy atom. The first kappa shape index (κ1) is 14.9. The zero-order valence-electron chi connectivity index (χ0n) is 12.0. The number of halogens is 1. The highest BCUT2D eigenvalue weighted by atomic mass is 79.9. The molecule has 0 bridgehead atoms. The van der Waals surface area contributed by atoms with Crippen molar-refractivity contribution in [3.8, 4) is 5.75 Å². The molecule has 0 spiro atoms. The average molecular weight is 326 g/mol. The van der Waals surface area contributed by atoms with Crippen molar-refractivity contribution in [2.24, 2.45) is 17.6 Å². The highest BCUT2D eigenvalue weighted by molar-refractivity contribution is 9.10. The largest absolute Gasteiger partial charge is 0.489 e. The topological polar surface area (TPSA) is 35.2 Å². The molecule has 3 heteroatoms. The molecule has 0 amide bonds. The Kier molecular flexibility index (Phi) is 4.91. The van der Waals surface area contributed by atoms with Gasteiger partial charge in [0.25, 0.3) is 0 Å². The first-order chi connectivity index (χ1) is 8.97. The van der Waals surface area contributed by atoms with Gasteiger partial charge in [0.2, 0.25) is 0 Å². The van der Waals surface area contributed by atoms with Crippen LogP contribution in [0.15, 0.2) is 22.7 Å². The third kappa shape index (κ3) is 3.73. The molecule has 0 radical (unpaired) electrons. The lowest BCUT2D eigenvalue weighted by Crippen LogP contribution is -2.28. The summed E-state index contributed by atoms with van der Waals surface area (Å²) in [5, 5.41) is 0. The fourth-order valence-corrected chi connectivity index (χ4v) is 3.17. The smallest absolute Gasteiger partial charge is 0.133 e. The highest BCUT2D eigenvalue weighted by Crippen LogP contribution is 2.34. The highest BCUT2D eigenvalue weighted by Gasteiger charge is 2.26. The van der Waals surface area contributed by atoms with Crippen molar-refractivity contribution in [2.45, 2.75) is 52.2 Å². The Hall–Kier alpha value is -0.540. The van der Waals surface area contributed by atoms with E-state index in [9.17, 15) is 0 Å². The molecule has 1 saturated carbocycles. The molecule has 1 fully saturated rings. The summed E-state index contributed by atoms with van der Waals surface area (Å²) in [5.74, 6) is 2.51. The minimum Gasteiger partial charge on any atom is -0.489 e. The summed E-state index contributed by atoms with van der Waals surface area (Å²) in [6.45, 7) is 6.66. The van der Waals surface area contributed by atoms with Crippen LogP contribution in [0.2, 0.25) is 0 Å². The van der Waals surface area contributed by atoms with Crippen LogP contribution in [0, 0.1) is 11.8 Å². The Morgan fingerprint density at radius 2 is 2.00 bits per heavy atom. The number of benzene rings is 1. The zero-order chi connectivity index (χ0) is 14.0. The molecule has 0 heterocycles. The van der Waals surface area contributed by atoms with E-state index in [-0.39, 0.29) is 6.04 Å². The van der Waals surface area contributed by atoms with E-state index < -0.39 is 0 Å². The van der Waals surface area contributed by atoms with E-state index in [0.717, 1.165) is 40.5 Å². The standard InChI is InChI=1S/C16H24BrNO/c1-10-4-6-14(8-11(10)2)19-16-7-5-13(12(3)18)9-15(16)17/h5,7,9-12,14H,4,6,8,18H2,1-3H3. The van der Waals surface area contributed by atoms with Gasteiger partial charge in [-0.2, -0.15) is 0 Å². The molecule has 2 rings (SSSR count). The van der Waals surface area contributed by atoms with E-state index in [2.05, 4.69) is 41.9 Å². The van der Waals surface area contributed by atoms with Gasteiger partial charge in [-0.05, 0) is 71.6 Å². The maximum absolute atomic E-state index is 6.15. The molecule has 2 N–H and O–H groups in total. The van der Waals surface area contributed by atoms with Crippen molar-refractivity contribution in [2.75, 3.05) is 0 Å². The van der Waals surface area contributed by atoms with E-state index in [1.165, 1.54) is 6.42 Å². The molecular weight excluding hydrogens is 302 g/mol. The molecule has 4 unspecified atom stereocenters. The Labute approximate surface area is 124 Å². The fraction of sp³-hybridized carbons (Fsp3) is 0.625. The third-order valence-electron chi connectivity index (χ3n) is 4.33. The monoisotopic (exact) mass is 325 g/mol. The van der Waals surface area contributed by atoms with Crippen LogP contribution in [0.4, 0.5) is 0 Å². The summed E-state index contributed by atoms with van der Waals surface area (Å²) in [5.41, 5.74) is 7.02. The Morgan fingerprint density at radius 3 is 2.58 bits per heavy atom. The molecule has 1 aromatic rings. The minimum atomic E-state index is 0.0564. The number of nitrogens with two attached hydrogens (primary N) is 1. The lowest BCUT2D eigenvalue weighted by molar-refractivity contribution is 0.0999. The van der Waals surface area contributed by atoms with Gasteiger partial charge in [0, 0.05) is 6.04 Å². The summed E-state index contributed by atoms with van der Waals surface area (Å²) in [6.07, 6.45) is 3.93. The zero-order valence-corrected chi connectivity index (χ0v) is 13.6. The van der Waals surface area contributed by atoms with Gasteiger partial charge in [0.1, 0.15) is 5.75 Å². The normalized spacial score (nSPS) is 29.0. The second-order valence-corrected chi connectivity index (χ2v) is 6.84. The third-order valence-corrected chi connectivity index (χ3v) is 4.95. The summed E-state index contributed by atoms with van der Waals surface area (Å²) < 4.78 is 7.16. The number of ether oxygens (including phenoxy) is 1. The van der Waals surface area contributed by atoms with Crippen LogP contribution >= 0.6 is 15.9 Å². The van der Waals surface area contributed by atoms with Crippen LogP contribution in [-0.4, -0.2) is 6.10 Å². The number of hydrogen-bond acceptors (Lipinski definition) is 2. The van der Waals surface area contributed by atoms with Gasteiger partial charge in [-0.15, -0.1) is 0 Å². The molecule has 0 aliphatic heterocycles. The van der Waals surface area contributed by atoms with Gasteiger partial charge in [0.15, 0.2) is 0 Å². The van der Waals surface area contributed by atoms with Crippen molar-refractivity contribution >= 4 is 15.9 Å². The molecule has 106 valence electrons. The predicted octanol–water partition coefficient (Wildman–Crippen LogP) is 4.67. The lowest BCUT2D eigenvalue weighted by Gasteiger charge is -2.32. The first-order valence-electron chi connectivity index (χ1n) is 7.19. The van der Waals surface area contributed by atoms with Crippen molar-refractivity contribution in [1.29, 1.82) is 0 Å². The van der Waals surface area contributed by atoms with Crippen molar-refractivity contribution in [3.63, 3.8) is 0 Å². The SMILES string of the molecule is CC(N)c1ccc(OC2CCC(C)C(C)C2)c(Br)c1. The van der Waals surface area contributed by atoms with E-state index >= 15 is 0 Å². The van der Waals surface area contributed by atoms with Crippen LogP contribution in [0.1, 0.15) is 51.6 Å². The van der Waals surface area contributed by atoms with E-state index in [0.29, 0.717) is 6.10 Å². The van der Waals surface area contributed by atoms with Gasteiger partial charge in [-0.3, -0.25) is 0 Å². The first-order valence-corrected chi connectivity index (χ1v) is 7.98. The molecule has 1 aliphatic rings. The van der Waals surface area contributed by atoms with Crippen molar-refractivity contribution in [1.82, 2.24) is 0 Å². The fourth-order valence-electron chi connectivity index (χ4n) is 2.68. The van der Waals surface area contributed by atoms with Gasteiger partial charge in [0.05, 0.1) is 10.6 Å². The van der Waals surface area contributed by atoms with Gasteiger partial charge in [-0.25, -0.2) is 0 Å². The lowest BCUT2D eigenvalue weighted by atomic mass is 9.80. The predicted molar refractivity (Wildman–Crippen MR) is 83.3 cm³/mol. The number of rotatable bonds is 3. The summed E-state index contributed by atoms with van der Waals surface area (Å²) in [7, 11) is 0. The van der Waals surface area contributed by atoms with Crippen LogP contribution in [0.5, 0.6) is 5.75 Å². The van der Waals surface area contributed by atoms with Crippen LogP contribution in [0.25, 0.3) is 0 Å². The van der Waals surface area contributed by atoms with Crippen LogP contribution in [0.3, 0.4) is 0 Å². The van der Waals surface area contributed by atoms with Crippen LogP contribution in [-0.2, 0) is 0 Å². The van der Waals surface area contributed by atoms with Crippen LogP contribution < -0.4 is 10.5 Å². The molecule has 19 heavy (non-hydrogen) atoms. The minimum absolute atomic E-state index is 0.0564. The summed E-state index contributed by atoms with van der Waals surface area (Å²) >= 11 is 3.59. The van der Waals surface area contributed by atoms with E-state index in [1.807, 2.05) is 13.0 Å². The molecule has 0 aromatic heterocycles. The Bertz CT molecular complexity index is 433.